The number of aliphatic hydroxyl groups is 2. The van der Waals surface area contributed by atoms with Gasteiger partial charge in [-0.1, -0.05) is 0 Å². The highest BCUT2D eigenvalue weighted by Gasteiger charge is 2.35. The molecule has 1 aliphatic rings. The molecule has 8 nitrogen and oxygen atoms in total. The summed E-state index contributed by atoms with van der Waals surface area (Å²) in [7, 11) is 0. The van der Waals surface area contributed by atoms with Gasteiger partial charge in [-0.3, -0.25) is 4.79 Å². The van der Waals surface area contributed by atoms with Crippen LogP contribution in [0.15, 0.2) is 17.3 Å². The largest absolute Gasteiger partial charge is 0.394 e. The van der Waals surface area contributed by atoms with Crippen molar-refractivity contribution in [1.82, 2.24) is 19.7 Å². The third-order valence-electron chi connectivity index (χ3n) is 3.09. The second-order valence-electron chi connectivity index (χ2n) is 4.20. The van der Waals surface area contributed by atoms with Gasteiger partial charge in [0.2, 0.25) is 0 Å². The molecule has 1 saturated heterocycles. The SMILES string of the molecule is O=c1[nH]ncc2c1ncn2[C@H]1CC(O)[C@@H](CO)O1. The van der Waals surface area contributed by atoms with Crippen LogP contribution in [-0.4, -0.2) is 48.8 Å². The van der Waals surface area contributed by atoms with Crippen LogP contribution < -0.4 is 5.56 Å². The van der Waals surface area contributed by atoms with E-state index in [1.165, 1.54) is 12.5 Å². The number of rotatable bonds is 2. The number of nitrogens with one attached hydrogen (secondary N) is 1. The molecule has 1 aliphatic heterocycles. The molecular formula is C10H12N4O4. The van der Waals surface area contributed by atoms with Gasteiger partial charge < -0.3 is 19.5 Å². The van der Waals surface area contributed by atoms with Crippen LogP contribution in [0.5, 0.6) is 0 Å². The number of hydrogen-bond donors (Lipinski definition) is 3. The van der Waals surface area contributed by atoms with E-state index in [9.17, 15) is 9.90 Å². The number of aromatic amines is 1. The normalized spacial score (nSPS) is 28.0. The number of imidazole rings is 1. The minimum Gasteiger partial charge on any atom is -0.394 e. The minimum absolute atomic E-state index is 0.247. The molecule has 0 bridgehead atoms. The van der Waals surface area contributed by atoms with E-state index in [1.807, 2.05) is 0 Å². The zero-order valence-corrected chi connectivity index (χ0v) is 9.35. The number of hydrogen-bond acceptors (Lipinski definition) is 6. The first kappa shape index (κ1) is 11.3. The van der Waals surface area contributed by atoms with Crippen LogP contribution in [-0.2, 0) is 4.74 Å². The molecule has 18 heavy (non-hydrogen) atoms. The van der Waals surface area contributed by atoms with Gasteiger partial charge in [-0.15, -0.1) is 0 Å². The molecule has 0 saturated carbocycles. The molecule has 0 amide bonds. The number of nitrogens with zero attached hydrogens (tertiary/aromatic N) is 3. The summed E-state index contributed by atoms with van der Waals surface area (Å²) in [5, 5.41) is 24.7. The van der Waals surface area contributed by atoms with Crippen LogP contribution in [0.25, 0.3) is 11.0 Å². The second kappa shape index (κ2) is 4.16. The lowest BCUT2D eigenvalue weighted by molar-refractivity contribution is -0.0430. The number of fused-ring (bicyclic) bond motifs is 1. The predicted octanol–water partition coefficient (Wildman–Crippen LogP) is -1.24. The van der Waals surface area contributed by atoms with Crippen LogP contribution >= 0.6 is 0 Å². The molecule has 3 heterocycles. The molecule has 3 atom stereocenters. The van der Waals surface area contributed by atoms with Crippen LogP contribution in [0.1, 0.15) is 12.6 Å². The van der Waals surface area contributed by atoms with Gasteiger partial charge in [-0.05, 0) is 0 Å². The molecule has 2 aromatic rings. The lowest BCUT2D eigenvalue weighted by Gasteiger charge is -2.13. The van der Waals surface area contributed by atoms with Crippen LogP contribution in [0.3, 0.4) is 0 Å². The Hall–Kier alpha value is -1.77. The summed E-state index contributed by atoms with van der Waals surface area (Å²) in [4.78, 5) is 15.5. The van der Waals surface area contributed by atoms with Crippen molar-refractivity contribution in [3.8, 4) is 0 Å². The molecule has 3 rings (SSSR count). The average Bonchev–Trinajstić information content (AvgIpc) is 2.93. The Bertz CT molecular complexity index is 622. The summed E-state index contributed by atoms with van der Waals surface area (Å²) in [6, 6.07) is 0. The van der Waals surface area contributed by atoms with E-state index in [0.29, 0.717) is 11.9 Å². The summed E-state index contributed by atoms with van der Waals surface area (Å²) in [6.45, 7) is -0.247. The van der Waals surface area contributed by atoms with Gasteiger partial charge >= 0.3 is 0 Å². The maximum absolute atomic E-state index is 11.5. The van der Waals surface area contributed by atoms with E-state index in [1.54, 1.807) is 4.57 Å². The van der Waals surface area contributed by atoms with Crippen molar-refractivity contribution in [2.75, 3.05) is 6.61 Å². The summed E-state index contributed by atoms with van der Waals surface area (Å²) in [6.07, 6.45) is 1.49. The van der Waals surface area contributed by atoms with Crippen molar-refractivity contribution in [1.29, 1.82) is 0 Å². The first-order valence-corrected chi connectivity index (χ1v) is 5.55. The summed E-state index contributed by atoms with van der Waals surface area (Å²) >= 11 is 0. The predicted molar refractivity (Wildman–Crippen MR) is 59.8 cm³/mol. The minimum atomic E-state index is -0.729. The Labute approximate surface area is 101 Å². The van der Waals surface area contributed by atoms with E-state index >= 15 is 0 Å². The highest BCUT2D eigenvalue weighted by atomic mass is 16.5. The van der Waals surface area contributed by atoms with Crippen molar-refractivity contribution in [3.05, 3.63) is 22.9 Å². The third-order valence-corrected chi connectivity index (χ3v) is 3.09. The number of ether oxygens (including phenoxy) is 1. The molecule has 1 fully saturated rings. The lowest BCUT2D eigenvalue weighted by atomic mass is 10.2. The van der Waals surface area contributed by atoms with Gasteiger partial charge in [0, 0.05) is 6.42 Å². The van der Waals surface area contributed by atoms with Crippen LogP contribution in [0, 0.1) is 0 Å². The Kier molecular flexibility index (Phi) is 2.62. The Morgan fingerprint density at radius 1 is 1.61 bits per heavy atom. The fourth-order valence-corrected chi connectivity index (χ4v) is 2.16. The van der Waals surface area contributed by atoms with E-state index < -0.39 is 18.4 Å². The molecule has 0 spiro atoms. The van der Waals surface area contributed by atoms with Crippen molar-refractivity contribution >= 4 is 11.0 Å². The Balaban J connectivity index is 2.01. The fourth-order valence-electron chi connectivity index (χ4n) is 2.16. The van der Waals surface area contributed by atoms with Gasteiger partial charge in [-0.2, -0.15) is 5.10 Å². The van der Waals surface area contributed by atoms with Crippen LogP contribution in [0.4, 0.5) is 0 Å². The van der Waals surface area contributed by atoms with Crippen LogP contribution in [0.2, 0.25) is 0 Å². The maximum atomic E-state index is 11.5. The highest BCUT2D eigenvalue weighted by molar-refractivity contribution is 5.72. The maximum Gasteiger partial charge on any atom is 0.292 e. The number of aliphatic hydroxyl groups excluding tert-OH is 2. The molecule has 96 valence electrons. The van der Waals surface area contributed by atoms with Crippen molar-refractivity contribution in [3.63, 3.8) is 0 Å². The summed E-state index contributed by atoms with van der Waals surface area (Å²) in [5.74, 6) is 0. The molecule has 8 heteroatoms. The summed E-state index contributed by atoms with van der Waals surface area (Å²) in [5.41, 5.74) is 0.439. The number of aromatic nitrogens is 4. The van der Waals surface area contributed by atoms with E-state index in [-0.39, 0.29) is 17.7 Å². The zero-order valence-electron chi connectivity index (χ0n) is 9.35. The molecule has 2 aromatic heterocycles. The standard InChI is InChI=1S/C10H12N4O4/c15-3-7-6(16)1-8(18-7)14-4-11-9-5(14)2-12-13-10(9)17/h2,4,6-8,15-16H,1,3H2,(H,13,17)/t6?,7-,8-/m1/s1. The van der Waals surface area contributed by atoms with Crippen molar-refractivity contribution < 1.29 is 14.9 Å². The van der Waals surface area contributed by atoms with E-state index in [2.05, 4.69) is 15.2 Å². The highest BCUT2D eigenvalue weighted by Crippen LogP contribution is 2.30. The molecule has 0 radical (unpaired) electrons. The first-order chi connectivity index (χ1) is 8.70. The smallest absolute Gasteiger partial charge is 0.292 e. The average molecular weight is 252 g/mol. The molecule has 0 aromatic carbocycles. The molecular weight excluding hydrogens is 240 g/mol. The first-order valence-electron chi connectivity index (χ1n) is 5.55. The third kappa shape index (κ3) is 1.62. The van der Waals surface area contributed by atoms with E-state index in [0.717, 1.165) is 0 Å². The quantitative estimate of drug-likeness (QED) is 0.616. The van der Waals surface area contributed by atoms with Crippen molar-refractivity contribution in [2.24, 2.45) is 0 Å². The van der Waals surface area contributed by atoms with Gasteiger partial charge in [0.1, 0.15) is 12.3 Å². The van der Waals surface area contributed by atoms with Gasteiger partial charge in [-0.25, -0.2) is 10.1 Å². The van der Waals surface area contributed by atoms with Crippen molar-refractivity contribution in [2.45, 2.75) is 24.9 Å². The van der Waals surface area contributed by atoms with Gasteiger partial charge in [0.25, 0.3) is 5.56 Å². The monoisotopic (exact) mass is 252 g/mol. The molecule has 3 N–H and O–H groups in total. The Morgan fingerprint density at radius 2 is 2.44 bits per heavy atom. The van der Waals surface area contributed by atoms with Gasteiger partial charge in [0.05, 0.1) is 30.8 Å². The summed E-state index contributed by atoms with van der Waals surface area (Å²) < 4.78 is 7.13. The topological polar surface area (TPSA) is 113 Å². The molecule has 1 unspecified atom stereocenters. The zero-order chi connectivity index (χ0) is 12.7. The van der Waals surface area contributed by atoms with E-state index in [4.69, 9.17) is 9.84 Å². The second-order valence-corrected chi connectivity index (χ2v) is 4.20. The Morgan fingerprint density at radius 3 is 3.17 bits per heavy atom. The van der Waals surface area contributed by atoms with Gasteiger partial charge in [0.15, 0.2) is 5.52 Å². The molecule has 0 aliphatic carbocycles. The fraction of sp³-hybridized carbons (Fsp3) is 0.500. The lowest BCUT2D eigenvalue weighted by Crippen LogP contribution is -2.24. The number of H-pyrrole nitrogens is 1.